The number of nitrogens with one attached hydrogen (secondary N) is 1. The third-order valence-corrected chi connectivity index (χ3v) is 4.45. The average molecular weight is 263 g/mol. The first-order valence-electron chi connectivity index (χ1n) is 6.07. The molecule has 1 aliphatic carbocycles. The second kappa shape index (κ2) is 5.13. The number of hydrogen-bond acceptors (Lipinski definition) is 3. The van der Waals surface area contributed by atoms with Crippen molar-refractivity contribution in [1.29, 1.82) is 0 Å². The smallest absolute Gasteiger partial charge is 0.261 e. The molecule has 1 saturated carbocycles. The molecule has 18 heavy (non-hydrogen) atoms. The lowest BCUT2D eigenvalue weighted by molar-refractivity contribution is 0.0854. The summed E-state index contributed by atoms with van der Waals surface area (Å²) in [6.45, 7) is 3.86. The van der Waals surface area contributed by atoms with E-state index in [2.05, 4.69) is 24.1 Å². The molecule has 1 fully saturated rings. The zero-order chi connectivity index (χ0) is 13.2. The van der Waals surface area contributed by atoms with Crippen molar-refractivity contribution in [2.45, 2.75) is 38.6 Å². The first-order chi connectivity index (χ1) is 8.54. The van der Waals surface area contributed by atoms with Gasteiger partial charge in [0, 0.05) is 5.54 Å². The van der Waals surface area contributed by atoms with Crippen LogP contribution in [0.3, 0.4) is 0 Å². The zero-order valence-electron chi connectivity index (χ0n) is 10.7. The molecule has 0 radical (unpaired) electrons. The van der Waals surface area contributed by atoms with Crippen LogP contribution in [0.2, 0.25) is 0 Å². The van der Waals surface area contributed by atoms with E-state index in [-0.39, 0.29) is 18.1 Å². The van der Waals surface area contributed by atoms with E-state index in [9.17, 15) is 4.79 Å². The van der Waals surface area contributed by atoms with Crippen LogP contribution in [-0.2, 0) is 0 Å². The lowest BCUT2D eigenvalue weighted by atomic mass is 9.78. The van der Waals surface area contributed by atoms with Crippen LogP contribution in [-0.4, -0.2) is 23.2 Å². The second-order valence-electron chi connectivity index (χ2n) is 4.95. The van der Waals surface area contributed by atoms with E-state index in [1.165, 1.54) is 17.8 Å². The van der Waals surface area contributed by atoms with Crippen LogP contribution in [0, 0.1) is 18.8 Å². The topological polar surface area (TPSA) is 49.3 Å². The molecule has 1 aliphatic rings. The third-order valence-electron chi connectivity index (χ3n) is 3.29. The molecule has 1 amide bonds. The Balaban J connectivity index is 2.11. The highest BCUT2D eigenvalue weighted by Crippen LogP contribution is 2.32. The number of rotatable bonds is 2. The Morgan fingerprint density at radius 3 is 2.89 bits per heavy atom. The van der Waals surface area contributed by atoms with Gasteiger partial charge in [-0.2, -0.15) is 0 Å². The van der Waals surface area contributed by atoms with Crippen molar-refractivity contribution in [3.8, 4) is 11.8 Å². The summed E-state index contributed by atoms with van der Waals surface area (Å²) in [7, 11) is 0. The van der Waals surface area contributed by atoms with Gasteiger partial charge >= 0.3 is 0 Å². The number of aryl methyl sites for hydroxylation is 1. The van der Waals surface area contributed by atoms with Gasteiger partial charge in [0.15, 0.2) is 0 Å². The highest BCUT2D eigenvalue weighted by molar-refractivity contribution is 7.14. The highest BCUT2D eigenvalue weighted by Gasteiger charge is 2.33. The van der Waals surface area contributed by atoms with E-state index in [0.29, 0.717) is 4.88 Å². The minimum atomic E-state index is -0.156. The molecule has 96 valence electrons. The number of hydrogen-bond donors (Lipinski definition) is 2. The Hall–Kier alpha value is -1.31. The fourth-order valence-electron chi connectivity index (χ4n) is 2.01. The minimum Gasteiger partial charge on any atom is -0.384 e. The SMILES string of the molecule is Cc1cc(C(=O)NC2(C)CCC2)sc1C#CCO. The van der Waals surface area contributed by atoms with Gasteiger partial charge in [0.2, 0.25) is 0 Å². The number of thiophene rings is 1. The van der Waals surface area contributed by atoms with Crippen LogP contribution in [0.4, 0.5) is 0 Å². The molecule has 0 bridgehead atoms. The maximum atomic E-state index is 12.1. The van der Waals surface area contributed by atoms with E-state index >= 15 is 0 Å². The number of aliphatic hydroxyl groups excluding tert-OH is 1. The van der Waals surface area contributed by atoms with Crippen LogP contribution >= 0.6 is 11.3 Å². The normalized spacial score (nSPS) is 16.4. The first-order valence-corrected chi connectivity index (χ1v) is 6.88. The fourth-order valence-corrected chi connectivity index (χ4v) is 2.95. The van der Waals surface area contributed by atoms with Crippen molar-refractivity contribution < 1.29 is 9.90 Å². The molecule has 0 saturated heterocycles. The van der Waals surface area contributed by atoms with Crippen LogP contribution in [0.5, 0.6) is 0 Å². The molecule has 3 nitrogen and oxygen atoms in total. The van der Waals surface area contributed by atoms with E-state index in [1.54, 1.807) is 0 Å². The van der Waals surface area contributed by atoms with Crippen LogP contribution in [0.15, 0.2) is 6.07 Å². The van der Waals surface area contributed by atoms with Gasteiger partial charge in [0.05, 0.1) is 9.75 Å². The van der Waals surface area contributed by atoms with Crippen LogP contribution < -0.4 is 5.32 Å². The number of carbonyl (C=O) groups is 1. The van der Waals surface area contributed by atoms with Gasteiger partial charge in [-0.1, -0.05) is 11.8 Å². The standard InChI is InChI=1S/C14H17NO2S/c1-10-9-12(18-11(10)5-3-8-16)13(17)15-14(2)6-4-7-14/h9,16H,4,6-8H2,1-2H3,(H,15,17). The molecule has 0 atom stereocenters. The Morgan fingerprint density at radius 1 is 1.61 bits per heavy atom. The summed E-state index contributed by atoms with van der Waals surface area (Å²) in [6, 6.07) is 1.86. The van der Waals surface area contributed by atoms with E-state index < -0.39 is 0 Å². The molecule has 0 aromatic carbocycles. The average Bonchev–Trinajstić information content (AvgIpc) is 2.66. The van der Waals surface area contributed by atoms with Gasteiger partial charge in [-0.3, -0.25) is 4.79 Å². The van der Waals surface area contributed by atoms with Crippen molar-refractivity contribution in [3.63, 3.8) is 0 Å². The first kappa shape index (κ1) is 13.1. The summed E-state index contributed by atoms with van der Waals surface area (Å²) in [5.74, 6) is 5.47. The van der Waals surface area contributed by atoms with Crippen molar-refractivity contribution >= 4 is 17.2 Å². The summed E-state index contributed by atoms with van der Waals surface area (Å²) in [6.07, 6.45) is 3.30. The Morgan fingerprint density at radius 2 is 2.33 bits per heavy atom. The molecule has 1 aromatic rings. The van der Waals surface area contributed by atoms with E-state index in [4.69, 9.17) is 5.11 Å². The number of aliphatic hydroxyl groups is 1. The predicted octanol–water partition coefficient (Wildman–Crippen LogP) is 2.07. The quantitative estimate of drug-likeness (QED) is 0.803. The van der Waals surface area contributed by atoms with Crippen LogP contribution in [0.25, 0.3) is 0 Å². The predicted molar refractivity (Wildman–Crippen MR) is 72.7 cm³/mol. The molecule has 0 aliphatic heterocycles. The number of amides is 1. The molecule has 2 rings (SSSR count). The van der Waals surface area contributed by atoms with Crippen molar-refractivity contribution in [2.75, 3.05) is 6.61 Å². The van der Waals surface area contributed by atoms with Crippen molar-refractivity contribution in [3.05, 3.63) is 21.4 Å². The lowest BCUT2D eigenvalue weighted by Gasteiger charge is -2.38. The largest absolute Gasteiger partial charge is 0.384 e. The van der Waals surface area contributed by atoms with Gasteiger partial charge in [-0.15, -0.1) is 11.3 Å². The molecule has 2 N–H and O–H groups in total. The monoisotopic (exact) mass is 263 g/mol. The minimum absolute atomic E-state index is 0.0117. The molecule has 1 aromatic heterocycles. The molecular formula is C14H17NO2S. The summed E-state index contributed by atoms with van der Waals surface area (Å²) < 4.78 is 0. The summed E-state index contributed by atoms with van der Waals surface area (Å²) in [4.78, 5) is 13.6. The van der Waals surface area contributed by atoms with Crippen LogP contribution in [0.1, 0.15) is 46.3 Å². The molecule has 1 heterocycles. The van der Waals surface area contributed by atoms with Gasteiger partial charge in [-0.05, 0) is 44.7 Å². The maximum absolute atomic E-state index is 12.1. The Kier molecular flexibility index (Phi) is 3.74. The Labute approximate surface area is 111 Å². The van der Waals surface area contributed by atoms with Gasteiger partial charge in [-0.25, -0.2) is 0 Å². The summed E-state index contributed by atoms with van der Waals surface area (Å²) in [5, 5.41) is 11.8. The highest BCUT2D eigenvalue weighted by atomic mass is 32.1. The van der Waals surface area contributed by atoms with Gasteiger partial charge in [0.25, 0.3) is 5.91 Å². The van der Waals surface area contributed by atoms with Gasteiger partial charge < -0.3 is 10.4 Å². The Bertz CT molecular complexity index is 518. The second-order valence-corrected chi connectivity index (χ2v) is 6.00. The molecular weight excluding hydrogens is 246 g/mol. The zero-order valence-corrected chi connectivity index (χ0v) is 11.5. The summed E-state index contributed by atoms with van der Waals surface area (Å²) in [5.41, 5.74) is 0.969. The lowest BCUT2D eigenvalue weighted by Crippen LogP contribution is -2.50. The van der Waals surface area contributed by atoms with Crippen molar-refractivity contribution in [2.24, 2.45) is 0 Å². The molecule has 4 heteroatoms. The van der Waals surface area contributed by atoms with E-state index in [0.717, 1.165) is 23.3 Å². The fraction of sp³-hybridized carbons (Fsp3) is 0.500. The molecule has 0 spiro atoms. The third kappa shape index (κ3) is 2.74. The van der Waals surface area contributed by atoms with Crippen molar-refractivity contribution in [1.82, 2.24) is 5.32 Å². The summed E-state index contributed by atoms with van der Waals surface area (Å²) >= 11 is 1.39. The maximum Gasteiger partial charge on any atom is 0.261 e. The van der Waals surface area contributed by atoms with Gasteiger partial charge in [0.1, 0.15) is 6.61 Å². The number of carbonyl (C=O) groups excluding carboxylic acids is 1. The van der Waals surface area contributed by atoms with E-state index in [1.807, 2.05) is 13.0 Å². The molecule has 0 unspecified atom stereocenters.